The summed E-state index contributed by atoms with van der Waals surface area (Å²) in [5.41, 5.74) is 5.13. The molecule has 0 amide bonds. The van der Waals surface area contributed by atoms with Gasteiger partial charge in [-0.1, -0.05) is 38.5 Å². The molecule has 0 spiro atoms. The Bertz CT molecular complexity index is 933. The summed E-state index contributed by atoms with van der Waals surface area (Å²) < 4.78 is 0. The van der Waals surface area contributed by atoms with Gasteiger partial charge in [0.15, 0.2) is 0 Å². The van der Waals surface area contributed by atoms with Crippen LogP contribution in [0, 0.1) is 13.8 Å². The third-order valence-electron chi connectivity index (χ3n) is 4.90. The molecule has 0 unspecified atom stereocenters. The van der Waals surface area contributed by atoms with Gasteiger partial charge in [0, 0.05) is 24.0 Å². The van der Waals surface area contributed by atoms with Crippen LogP contribution in [0.3, 0.4) is 0 Å². The number of unbranched alkanes of at least 4 members (excludes halogenated alkanes) is 1. The number of aromatic nitrogens is 2. The largest absolute Gasteiger partial charge is 0.359 e. The summed E-state index contributed by atoms with van der Waals surface area (Å²) in [5.74, 6) is 0.942. The first kappa shape index (κ1) is 19.1. The molecule has 2 aromatic heterocycles. The Labute approximate surface area is 165 Å². The van der Waals surface area contributed by atoms with E-state index in [4.69, 9.17) is 11.6 Å². The van der Waals surface area contributed by atoms with E-state index in [1.54, 1.807) is 11.3 Å². The van der Waals surface area contributed by atoms with E-state index in [1.807, 2.05) is 0 Å². The van der Waals surface area contributed by atoms with Crippen LogP contribution in [0.25, 0.3) is 21.3 Å². The molecule has 0 fully saturated rings. The van der Waals surface area contributed by atoms with Crippen LogP contribution in [0.5, 0.6) is 0 Å². The van der Waals surface area contributed by atoms with Crippen molar-refractivity contribution >= 4 is 39.0 Å². The van der Waals surface area contributed by atoms with E-state index in [2.05, 4.69) is 67.8 Å². The lowest BCUT2D eigenvalue weighted by Gasteiger charge is -2.20. The predicted octanol–water partition coefficient (Wildman–Crippen LogP) is 6.43. The Balaban J connectivity index is 2.28. The Morgan fingerprint density at radius 3 is 2.54 bits per heavy atom. The minimum Gasteiger partial charge on any atom is -0.359 e. The average Bonchev–Trinajstić information content (AvgIpc) is 2.99. The first-order valence-corrected chi connectivity index (χ1v) is 10.4. The fourth-order valence-electron chi connectivity index (χ4n) is 3.23. The van der Waals surface area contributed by atoms with Crippen LogP contribution in [-0.4, -0.2) is 23.6 Å². The zero-order valence-corrected chi connectivity index (χ0v) is 17.8. The molecule has 5 heteroatoms. The zero-order valence-electron chi connectivity index (χ0n) is 16.2. The second-order valence-electron chi connectivity index (χ2n) is 6.82. The van der Waals surface area contributed by atoms with Crippen molar-refractivity contribution < 1.29 is 0 Å². The van der Waals surface area contributed by atoms with Crippen molar-refractivity contribution in [3.05, 3.63) is 39.5 Å². The smallest absolute Gasteiger partial charge is 0.225 e. The van der Waals surface area contributed by atoms with E-state index in [1.165, 1.54) is 27.1 Å². The molecule has 1 aromatic carbocycles. The summed E-state index contributed by atoms with van der Waals surface area (Å²) in [6, 6.07) is 6.69. The monoisotopic (exact) mass is 387 g/mol. The molecule has 0 aliphatic carbocycles. The van der Waals surface area contributed by atoms with Crippen molar-refractivity contribution in [2.24, 2.45) is 0 Å². The summed E-state index contributed by atoms with van der Waals surface area (Å²) >= 11 is 7.99. The van der Waals surface area contributed by atoms with E-state index in [-0.39, 0.29) is 0 Å². The van der Waals surface area contributed by atoms with Gasteiger partial charge in [0.1, 0.15) is 10.6 Å². The number of anilines is 1. The Morgan fingerprint density at radius 1 is 1.12 bits per heavy atom. The highest BCUT2D eigenvalue weighted by Crippen LogP contribution is 2.43. The molecule has 0 aliphatic heterocycles. The van der Waals surface area contributed by atoms with Gasteiger partial charge in [0.25, 0.3) is 0 Å². The maximum absolute atomic E-state index is 6.26. The summed E-state index contributed by atoms with van der Waals surface area (Å²) in [7, 11) is 2.10. The van der Waals surface area contributed by atoms with Gasteiger partial charge in [-0.3, -0.25) is 0 Å². The maximum Gasteiger partial charge on any atom is 0.225 e. The number of nitrogens with zero attached hydrogens (tertiary/aromatic N) is 3. The van der Waals surface area contributed by atoms with Crippen LogP contribution >= 0.6 is 22.9 Å². The fraction of sp³-hybridized carbons (Fsp3) is 0.429. The van der Waals surface area contributed by atoms with Gasteiger partial charge in [-0.25, -0.2) is 4.98 Å². The SMILES string of the molecule is CCCCN(C)c1nc(Cl)nc2sc(CC)c(-c3ccc(C)c(C)c3)c12. The highest BCUT2D eigenvalue weighted by Gasteiger charge is 2.21. The molecule has 0 radical (unpaired) electrons. The van der Waals surface area contributed by atoms with Gasteiger partial charge in [-0.2, -0.15) is 4.98 Å². The minimum absolute atomic E-state index is 0.325. The fourth-order valence-corrected chi connectivity index (χ4v) is 4.57. The van der Waals surface area contributed by atoms with E-state index in [9.17, 15) is 0 Å². The molecule has 0 saturated carbocycles. The Kier molecular flexibility index (Phi) is 5.83. The normalized spacial score (nSPS) is 11.3. The lowest BCUT2D eigenvalue weighted by molar-refractivity contribution is 0.761. The van der Waals surface area contributed by atoms with E-state index < -0.39 is 0 Å². The number of fused-ring (bicyclic) bond motifs is 1. The molecule has 0 N–H and O–H groups in total. The topological polar surface area (TPSA) is 29.0 Å². The van der Waals surface area contributed by atoms with Gasteiger partial charge in [0.2, 0.25) is 5.28 Å². The molecule has 0 aliphatic rings. The van der Waals surface area contributed by atoms with Crippen molar-refractivity contribution in [2.75, 3.05) is 18.5 Å². The number of halogens is 1. The number of hydrogen-bond donors (Lipinski definition) is 0. The zero-order chi connectivity index (χ0) is 18.8. The van der Waals surface area contributed by atoms with Crippen LogP contribution < -0.4 is 4.90 Å². The van der Waals surface area contributed by atoms with Gasteiger partial charge < -0.3 is 4.90 Å². The van der Waals surface area contributed by atoms with E-state index >= 15 is 0 Å². The number of hydrogen-bond acceptors (Lipinski definition) is 4. The van der Waals surface area contributed by atoms with Crippen LogP contribution in [0.2, 0.25) is 5.28 Å². The summed E-state index contributed by atoms with van der Waals surface area (Å²) in [6.45, 7) is 9.68. The molecule has 2 heterocycles. The number of rotatable bonds is 6. The first-order chi connectivity index (χ1) is 12.5. The standard InChI is InChI=1S/C21H26ClN3S/c1-6-8-11-25(5)19-18-17(15-10-9-13(3)14(4)12-15)16(7-2)26-20(18)24-21(22)23-19/h9-10,12H,6-8,11H2,1-5H3. The Morgan fingerprint density at radius 2 is 1.88 bits per heavy atom. The summed E-state index contributed by atoms with van der Waals surface area (Å²) in [6.07, 6.45) is 3.25. The molecule has 26 heavy (non-hydrogen) atoms. The molecule has 138 valence electrons. The molecule has 3 rings (SSSR count). The van der Waals surface area contributed by atoms with Crippen molar-refractivity contribution in [3.8, 4) is 11.1 Å². The van der Waals surface area contributed by atoms with Crippen molar-refractivity contribution in [2.45, 2.75) is 47.0 Å². The summed E-state index contributed by atoms with van der Waals surface area (Å²) in [5, 5.41) is 1.46. The van der Waals surface area contributed by atoms with Crippen LogP contribution in [-0.2, 0) is 6.42 Å². The van der Waals surface area contributed by atoms with E-state index in [0.717, 1.165) is 41.8 Å². The number of benzene rings is 1. The molecular formula is C21H26ClN3S. The first-order valence-electron chi connectivity index (χ1n) is 9.23. The quantitative estimate of drug-likeness (QED) is 0.456. The number of thiophene rings is 1. The van der Waals surface area contributed by atoms with Gasteiger partial charge in [0.05, 0.1) is 5.39 Å². The van der Waals surface area contributed by atoms with Crippen LogP contribution in [0.4, 0.5) is 5.82 Å². The summed E-state index contributed by atoms with van der Waals surface area (Å²) in [4.78, 5) is 13.7. The second-order valence-corrected chi connectivity index (χ2v) is 8.25. The maximum atomic E-state index is 6.26. The average molecular weight is 388 g/mol. The van der Waals surface area contributed by atoms with Gasteiger partial charge in [-0.15, -0.1) is 11.3 Å². The van der Waals surface area contributed by atoms with Crippen LogP contribution in [0.1, 0.15) is 42.7 Å². The molecule has 0 saturated heterocycles. The third kappa shape index (κ3) is 3.58. The lowest BCUT2D eigenvalue weighted by atomic mass is 9.98. The Hall–Kier alpha value is -1.65. The van der Waals surface area contributed by atoms with Crippen molar-refractivity contribution in [3.63, 3.8) is 0 Å². The molecular weight excluding hydrogens is 362 g/mol. The highest BCUT2D eigenvalue weighted by molar-refractivity contribution is 7.19. The number of aryl methyl sites for hydroxylation is 3. The molecule has 3 nitrogen and oxygen atoms in total. The predicted molar refractivity (Wildman–Crippen MR) is 115 cm³/mol. The van der Waals surface area contributed by atoms with Crippen LogP contribution in [0.15, 0.2) is 18.2 Å². The van der Waals surface area contributed by atoms with Gasteiger partial charge >= 0.3 is 0 Å². The second kappa shape index (κ2) is 7.93. The van der Waals surface area contributed by atoms with E-state index in [0.29, 0.717) is 5.28 Å². The van der Waals surface area contributed by atoms with Crippen molar-refractivity contribution in [1.82, 2.24) is 9.97 Å². The minimum atomic E-state index is 0.325. The van der Waals surface area contributed by atoms with Gasteiger partial charge in [-0.05, 0) is 55.0 Å². The molecule has 3 aromatic rings. The van der Waals surface area contributed by atoms with Crippen molar-refractivity contribution in [1.29, 1.82) is 0 Å². The molecule has 0 atom stereocenters. The lowest BCUT2D eigenvalue weighted by Crippen LogP contribution is -2.20. The third-order valence-corrected chi connectivity index (χ3v) is 6.30. The molecule has 0 bridgehead atoms. The highest BCUT2D eigenvalue weighted by atomic mass is 35.5.